The fraction of sp³-hybridized carbons (Fsp3) is 0.812. The molecule has 5 heteroatoms. The molecule has 2 unspecified atom stereocenters. The zero-order chi connectivity index (χ0) is 15.4. The van der Waals surface area contributed by atoms with Gasteiger partial charge in [-0.2, -0.15) is 0 Å². The summed E-state index contributed by atoms with van der Waals surface area (Å²) in [6, 6.07) is -0.677. The number of imide groups is 2. The lowest BCUT2D eigenvalue weighted by Gasteiger charge is -2.36. The maximum Gasteiger partial charge on any atom is 0.331 e. The molecule has 0 aromatic carbocycles. The number of hydrogen-bond donors (Lipinski definition) is 1. The van der Waals surface area contributed by atoms with Crippen LogP contribution in [0.1, 0.15) is 65.2 Å². The molecule has 1 aliphatic heterocycles. The smallest absolute Gasteiger partial charge is 0.277 e. The minimum atomic E-state index is -0.654. The van der Waals surface area contributed by atoms with Crippen LogP contribution in [0.2, 0.25) is 0 Å². The summed E-state index contributed by atoms with van der Waals surface area (Å²) < 4.78 is 0. The molecule has 1 aliphatic carbocycles. The van der Waals surface area contributed by atoms with Crippen LogP contribution in [0.5, 0.6) is 0 Å². The Morgan fingerprint density at radius 3 is 2.48 bits per heavy atom. The summed E-state index contributed by atoms with van der Waals surface area (Å²) in [5.41, 5.74) is 0. The fourth-order valence-corrected chi connectivity index (χ4v) is 3.55. The average molecular weight is 294 g/mol. The molecule has 1 saturated heterocycles. The highest BCUT2D eigenvalue weighted by atomic mass is 16.2. The minimum Gasteiger partial charge on any atom is -0.277 e. The SMILES string of the molecule is CCCCCC(C)N1C(=O)NC(=O)C(C2CCCC2)C1=O. The molecule has 1 N–H and O–H groups in total. The molecule has 2 rings (SSSR count). The summed E-state index contributed by atoms with van der Waals surface area (Å²) in [6.07, 6.45) is 7.97. The third-order valence-electron chi connectivity index (χ3n) is 4.77. The number of urea groups is 1. The summed E-state index contributed by atoms with van der Waals surface area (Å²) in [6.45, 7) is 4.02. The second-order valence-electron chi connectivity index (χ2n) is 6.37. The molecule has 5 nitrogen and oxygen atoms in total. The molecular weight excluding hydrogens is 268 g/mol. The molecule has 0 bridgehead atoms. The van der Waals surface area contributed by atoms with Crippen LogP contribution >= 0.6 is 0 Å². The van der Waals surface area contributed by atoms with E-state index < -0.39 is 17.9 Å². The highest BCUT2D eigenvalue weighted by Crippen LogP contribution is 2.34. The third kappa shape index (κ3) is 3.44. The van der Waals surface area contributed by atoms with Crippen molar-refractivity contribution < 1.29 is 14.4 Å². The minimum absolute atomic E-state index is 0.107. The predicted molar refractivity (Wildman–Crippen MR) is 79.4 cm³/mol. The Balaban J connectivity index is 2.07. The lowest BCUT2D eigenvalue weighted by atomic mass is 9.87. The van der Waals surface area contributed by atoms with Crippen molar-refractivity contribution in [3.63, 3.8) is 0 Å². The Labute approximate surface area is 126 Å². The molecule has 2 atom stereocenters. The number of rotatable bonds is 6. The Kier molecular flexibility index (Phi) is 5.37. The number of amides is 4. The maximum absolute atomic E-state index is 12.7. The summed E-state index contributed by atoms with van der Waals surface area (Å²) in [5.74, 6) is -1.22. The van der Waals surface area contributed by atoms with E-state index in [0.717, 1.165) is 51.4 Å². The van der Waals surface area contributed by atoms with Crippen molar-refractivity contribution in [2.75, 3.05) is 0 Å². The van der Waals surface area contributed by atoms with Crippen molar-refractivity contribution in [1.82, 2.24) is 10.2 Å². The number of nitrogens with one attached hydrogen (secondary N) is 1. The van der Waals surface area contributed by atoms with Gasteiger partial charge in [0.05, 0.1) is 0 Å². The maximum atomic E-state index is 12.7. The molecule has 21 heavy (non-hydrogen) atoms. The number of nitrogens with zero attached hydrogens (tertiary/aromatic N) is 1. The Hall–Kier alpha value is -1.39. The van der Waals surface area contributed by atoms with Gasteiger partial charge >= 0.3 is 6.03 Å². The lowest BCUT2D eigenvalue weighted by Crippen LogP contribution is -2.61. The molecule has 1 heterocycles. The summed E-state index contributed by atoms with van der Waals surface area (Å²) >= 11 is 0. The number of carbonyl (C=O) groups is 3. The van der Waals surface area contributed by atoms with Crippen molar-refractivity contribution in [1.29, 1.82) is 0 Å². The second-order valence-corrected chi connectivity index (χ2v) is 6.37. The third-order valence-corrected chi connectivity index (χ3v) is 4.77. The topological polar surface area (TPSA) is 66.5 Å². The van der Waals surface area contributed by atoms with Crippen LogP contribution in [-0.2, 0) is 9.59 Å². The zero-order valence-electron chi connectivity index (χ0n) is 13.1. The van der Waals surface area contributed by atoms with E-state index in [0.29, 0.717) is 0 Å². The molecule has 4 amide bonds. The molecule has 0 radical (unpaired) electrons. The molecule has 2 fully saturated rings. The number of barbiturate groups is 1. The highest BCUT2D eigenvalue weighted by Gasteiger charge is 2.46. The van der Waals surface area contributed by atoms with Gasteiger partial charge in [0.2, 0.25) is 11.8 Å². The predicted octanol–water partition coefficient (Wildman–Crippen LogP) is 2.84. The van der Waals surface area contributed by atoms with Crippen LogP contribution in [0.25, 0.3) is 0 Å². The molecule has 0 aromatic rings. The standard InChI is InChI=1S/C16H26N2O3/c1-3-4-5-8-11(2)18-15(20)13(12-9-6-7-10-12)14(19)17-16(18)21/h11-13H,3-10H2,1-2H3,(H,17,19,21). The van der Waals surface area contributed by atoms with E-state index >= 15 is 0 Å². The lowest BCUT2D eigenvalue weighted by molar-refractivity contribution is -0.146. The van der Waals surface area contributed by atoms with Gasteiger partial charge in [0.25, 0.3) is 0 Å². The van der Waals surface area contributed by atoms with Gasteiger partial charge in [0.15, 0.2) is 0 Å². The van der Waals surface area contributed by atoms with E-state index in [1.165, 1.54) is 4.90 Å². The van der Waals surface area contributed by atoms with Crippen LogP contribution in [0.15, 0.2) is 0 Å². The summed E-state index contributed by atoms with van der Waals surface area (Å²) in [4.78, 5) is 38.0. The van der Waals surface area contributed by atoms with Crippen molar-refractivity contribution in [2.45, 2.75) is 71.3 Å². The molecule has 118 valence electrons. The molecular formula is C16H26N2O3. The van der Waals surface area contributed by atoms with Crippen LogP contribution in [0, 0.1) is 11.8 Å². The van der Waals surface area contributed by atoms with E-state index in [2.05, 4.69) is 12.2 Å². The molecule has 1 saturated carbocycles. The average Bonchev–Trinajstić information content (AvgIpc) is 2.92. The van der Waals surface area contributed by atoms with E-state index in [9.17, 15) is 14.4 Å². The van der Waals surface area contributed by atoms with Crippen molar-refractivity contribution in [3.8, 4) is 0 Å². The van der Waals surface area contributed by atoms with Crippen LogP contribution in [-0.4, -0.2) is 28.8 Å². The number of unbranched alkanes of at least 4 members (excludes halogenated alkanes) is 2. The van der Waals surface area contributed by atoms with Gasteiger partial charge < -0.3 is 0 Å². The van der Waals surface area contributed by atoms with Crippen LogP contribution in [0.4, 0.5) is 4.79 Å². The first-order chi connectivity index (χ1) is 10.1. The Morgan fingerprint density at radius 2 is 1.86 bits per heavy atom. The van der Waals surface area contributed by atoms with Gasteiger partial charge in [-0.3, -0.25) is 19.8 Å². The van der Waals surface area contributed by atoms with Gasteiger partial charge in [-0.05, 0) is 32.1 Å². The van der Waals surface area contributed by atoms with Crippen molar-refractivity contribution in [3.05, 3.63) is 0 Å². The first-order valence-electron chi connectivity index (χ1n) is 8.24. The summed E-state index contributed by atoms with van der Waals surface area (Å²) in [5, 5.41) is 2.39. The van der Waals surface area contributed by atoms with E-state index in [1.807, 2.05) is 6.92 Å². The fourth-order valence-electron chi connectivity index (χ4n) is 3.55. The van der Waals surface area contributed by atoms with E-state index in [4.69, 9.17) is 0 Å². The largest absolute Gasteiger partial charge is 0.331 e. The van der Waals surface area contributed by atoms with Gasteiger partial charge in [-0.1, -0.05) is 39.0 Å². The van der Waals surface area contributed by atoms with Crippen LogP contribution in [0.3, 0.4) is 0 Å². The first kappa shape index (κ1) is 16.0. The van der Waals surface area contributed by atoms with Crippen molar-refractivity contribution in [2.24, 2.45) is 11.8 Å². The van der Waals surface area contributed by atoms with Crippen molar-refractivity contribution >= 4 is 17.8 Å². The van der Waals surface area contributed by atoms with Gasteiger partial charge in [-0.15, -0.1) is 0 Å². The first-order valence-corrected chi connectivity index (χ1v) is 8.24. The quantitative estimate of drug-likeness (QED) is 0.605. The second kappa shape index (κ2) is 7.05. The Bertz CT molecular complexity index is 416. The van der Waals surface area contributed by atoms with E-state index in [1.54, 1.807) is 0 Å². The molecule has 0 spiro atoms. The Morgan fingerprint density at radius 1 is 1.19 bits per heavy atom. The number of carbonyl (C=O) groups excluding carboxylic acids is 3. The highest BCUT2D eigenvalue weighted by molar-refractivity contribution is 6.16. The molecule has 0 aromatic heterocycles. The van der Waals surface area contributed by atoms with Gasteiger partial charge in [0, 0.05) is 6.04 Å². The van der Waals surface area contributed by atoms with Gasteiger partial charge in [0.1, 0.15) is 5.92 Å². The van der Waals surface area contributed by atoms with Crippen LogP contribution < -0.4 is 5.32 Å². The summed E-state index contributed by atoms with van der Waals surface area (Å²) in [7, 11) is 0. The van der Waals surface area contributed by atoms with Gasteiger partial charge in [-0.25, -0.2) is 4.79 Å². The molecule has 2 aliphatic rings. The zero-order valence-corrected chi connectivity index (χ0v) is 13.1. The van der Waals surface area contributed by atoms with E-state index in [-0.39, 0.29) is 17.9 Å². The normalized spacial score (nSPS) is 25.3. The monoisotopic (exact) mass is 294 g/mol. The number of hydrogen-bond acceptors (Lipinski definition) is 3.